The Kier molecular flexibility index (Phi) is 9.81. The molecule has 1 saturated heterocycles. The molecule has 1 aliphatic heterocycles. The van der Waals surface area contributed by atoms with E-state index in [1.54, 1.807) is 0 Å². The van der Waals surface area contributed by atoms with E-state index in [4.69, 9.17) is 4.99 Å². The molecule has 28 heavy (non-hydrogen) atoms. The van der Waals surface area contributed by atoms with Gasteiger partial charge in [0.1, 0.15) is 0 Å². The van der Waals surface area contributed by atoms with Gasteiger partial charge in [0.25, 0.3) is 0 Å². The van der Waals surface area contributed by atoms with Gasteiger partial charge in [-0.05, 0) is 63.0 Å². The monoisotopic (exact) mass is 495 g/mol. The van der Waals surface area contributed by atoms with Gasteiger partial charge < -0.3 is 10.2 Å². The lowest BCUT2D eigenvalue weighted by molar-refractivity contribution is 0.259. The standard InChI is InChI=1S/C22H33N5.HI/c1-3-23-22(24-13-7-10-21-17-25-26-18(21)2)27-14-11-20(12-15-27)16-19-8-5-4-6-9-19;/h4-6,8-9,17,20H,3,7,10-16H2,1-2H3,(H,23,24)(H,25,26);1H. The van der Waals surface area contributed by atoms with Crippen LogP contribution in [0.3, 0.4) is 0 Å². The van der Waals surface area contributed by atoms with Gasteiger partial charge in [-0.15, -0.1) is 24.0 Å². The average molecular weight is 495 g/mol. The largest absolute Gasteiger partial charge is 0.357 e. The van der Waals surface area contributed by atoms with Gasteiger partial charge in [0.2, 0.25) is 0 Å². The summed E-state index contributed by atoms with van der Waals surface area (Å²) in [6, 6.07) is 10.9. The van der Waals surface area contributed by atoms with E-state index in [0.29, 0.717) is 0 Å². The summed E-state index contributed by atoms with van der Waals surface area (Å²) in [5.41, 5.74) is 3.94. The van der Waals surface area contributed by atoms with Crippen LogP contribution in [0.15, 0.2) is 41.5 Å². The number of aryl methyl sites for hydroxylation is 2. The number of guanidine groups is 1. The van der Waals surface area contributed by atoms with Gasteiger partial charge in [0.05, 0.1) is 6.20 Å². The number of H-pyrrole nitrogens is 1. The van der Waals surface area contributed by atoms with Crippen molar-refractivity contribution in [1.29, 1.82) is 0 Å². The maximum absolute atomic E-state index is 4.88. The highest BCUT2D eigenvalue weighted by atomic mass is 127. The van der Waals surface area contributed by atoms with Gasteiger partial charge in [-0.3, -0.25) is 10.1 Å². The van der Waals surface area contributed by atoms with Crippen molar-refractivity contribution in [3.05, 3.63) is 53.3 Å². The van der Waals surface area contributed by atoms with Crippen molar-refractivity contribution >= 4 is 29.9 Å². The topological polar surface area (TPSA) is 56.3 Å². The Morgan fingerprint density at radius 2 is 2.00 bits per heavy atom. The van der Waals surface area contributed by atoms with E-state index in [1.807, 2.05) is 6.20 Å². The second-order valence-electron chi connectivity index (χ2n) is 7.48. The number of aliphatic imine (C=N–C) groups is 1. The molecule has 0 unspecified atom stereocenters. The molecule has 0 bridgehead atoms. The molecule has 0 atom stereocenters. The summed E-state index contributed by atoms with van der Waals surface area (Å²) >= 11 is 0. The van der Waals surface area contributed by atoms with Crippen LogP contribution in [0, 0.1) is 12.8 Å². The Balaban J connectivity index is 0.00000280. The van der Waals surface area contributed by atoms with Crippen LogP contribution in [0.1, 0.15) is 43.0 Å². The van der Waals surface area contributed by atoms with E-state index in [2.05, 4.69) is 64.6 Å². The third-order valence-corrected chi connectivity index (χ3v) is 5.42. The second-order valence-corrected chi connectivity index (χ2v) is 7.48. The van der Waals surface area contributed by atoms with E-state index >= 15 is 0 Å². The Morgan fingerprint density at radius 1 is 1.25 bits per heavy atom. The molecule has 1 fully saturated rings. The number of piperidine rings is 1. The summed E-state index contributed by atoms with van der Waals surface area (Å²) in [6.45, 7) is 8.20. The van der Waals surface area contributed by atoms with Crippen molar-refractivity contribution in [3.8, 4) is 0 Å². The summed E-state index contributed by atoms with van der Waals surface area (Å²) in [7, 11) is 0. The Hall–Kier alpha value is -1.57. The molecule has 154 valence electrons. The fraction of sp³-hybridized carbons (Fsp3) is 0.545. The molecule has 0 radical (unpaired) electrons. The molecule has 1 aromatic heterocycles. The molecular weight excluding hydrogens is 461 g/mol. The number of benzene rings is 1. The third kappa shape index (κ3) is 6.79. The number of likely N-dealkylation sites (tertiary alicyclic amines) is 1. The van der Waals surface area contributed by atoms with Crippen LogP contribution < -0.4 is 5.32 Å². The minimum Gasteiger partial charge on any atom is -0.357 e. The van der Waals surface area contributed by atoms with Crippen molar-refractivity contribution in [2.75, 3.05) is 26.2 Å². The summed E-state index contributed by atoms with van der Waals surface area (Å²) < 4.78 is 0. The smallest absolute Gasteiger partial charge is 0.193 e. The van der Waals surface area contributed by atoms with Gasteiger partial charge >= 0.3 is 0 Å². The van der Waals surface area contributed by atoms with Crippen molar-refractivity contribution in [1.82, 2.24) is 20.4 Å². The molecule has 2 N–H and O–H groups in total. The van der Waals surface area contributed by atoms with Crippen molar-refractivity contribution in [3.63, 3.8) is 0 Å². The van der Waals surface area contributed by atoms with E-state index in [0.717, 1.165) is 50.9 Å². The number of halogens is 1. The number of rotatable bonds is 7. The number of hydrogen-bond acceptors (Lipinski definition) is 2. The van der Waals surface area contributed by atoms with Crippen LogP contribution >= 0.6 is 24.0 Å². The highest BCUT2D eigenvalue weighted by Crippen LogP contribution is 2.21. The molecule has 2 heterocycles. The molecule has 1 aliphatic rings. The van der Waals surface area contributed by atoms with Crippen LogP contribution in [0.25, 0.3) is 0 Å². The molecule has 2 aromatic rings. The van der Waals surface area contributed by atoms with Crippen LogP contribution in [-0.4, -0.2) is 47.2 Å². The molecule has 1 aromatic carbocycles. The van der Waals surface area contributed by atoms with Gasteiger partial charge in [-0.1, -0.05) is 30.3 Å². The predicted octanol–water partition coefficient (Wildman–Crippen LogP) is 4.19. The molecule has 0 amide bonds. The number of nitrogens with zero attached hydrogens (tertiary/aromatic N) is 3. The van der Waals surface area contributed by atoms with Gasteiger partial charge in [0, 0.05) is 31.9 Å². The first-order valence-corrected chi connectivity index (χ1v) is 10.3. The summed E-state index contributed by atoms with van der Waals surface area (Å²) in [4.78, 5) is 7.31. The minimum absolute atomic E-state index is 0. The van der Waals surface area contributed by atoms with Crippen LogP contribution in [0.2, 0.25) is 0 Å². The van der Waals surface area contributed by atoms with Gasteiger partial charge in [0.15, 0.2) is 5.96 Å². The first-order chi connectivity index (χ1) is 13.3. The Morgan fingerprint density at radius 3 is 2.64 bits per heavy atom. The Bertz CT molecular complexity index is 705. The lowest BCUT2D eigenvalue weighted by atomic mass is 9.90. The Labute approximate surface area is 186 Å². The molecular formula is C22H34IN5. The van der Waals surface area contributed by atoms with Crippen molar-refractivity contribution in [2.24, 2.45) is 10.9 Å². The number of nitrogens with one attached hydrogen (secondary N) is 2. The summed E-state index contributed by atoms with van der Waals surface area (Å²) in [5, 5.41) is 10.6. The lowest BCUT2D eigenvalue weighted by Gasteiger charge is -2.34. The predicted molar refractivity (Wildman–Crippen MR) is 127 cm³/mol. The fourth-order valence-electron chi connectivity index (χ4n) is 3.80. The van der Waals surface area contributed by atoms with E-state index in [-0.39, 0.29) is 24.0 Å². The SMILES string of the molecule is CCNC(=NCCCc1cn[nH]c1C)N1CCC(Cc2ccccc2)CC1.I. The molecule has 6 heteroatoms. The zero-order valence-electron chi connectivity index (χ0n) is 17.2. The van der Waals surface area contributed by atoms with Crippen LogP contribution in [0.5, 0.6) is 0 Å². The molecule has 3 rings (SSSR count). The van der Waals surface area contributed by atoms with Gasteiger partial charge in [-0.25, -0.2) is 0 Å². The molecule has 0 aliphatic carbocycles. The van der Waals surface area contributed by atoms with E-state index in [9.17, 15) is 0 Å². The highest BCUT2D eigenvalue weighted by Gasteiger charge is 2.21. The van der Waals surface area contributed by atoms with Crippen LogP contribution in [0.4, 0.5) is 0 Å². The minimum atomic E-state index is 0. The lowest BCUT2D eigenvalue weighted by Crippen LogP contribution is -2.46. The van der Waals surface area contributed by atoms with Crippen molar-refractivity contribution in [2.45, 2.75) is 46.0 Å². The zero-order valence-corrected chi connectivity index (χ0v) is 19.5. The highest BCUT2D eigenvalue weighted by molar-refractivity contribution is 14.0. The maximum Gasteiger partial charge on any atom is 0.193 e. The first kappa shape index (κ1) is 22.7. The first-order valence-electron chi connectivity index (χ1n) is 10.3. The van der Waals surface area contributed by atoms with Gasteiger partial charge in [-0.2, -0.15) is 5.10 Å². The third-order valence-electron chi connectivity index (χ3n) is 5.42. The molecule has 5 nitrogen and oxygen atoms in total. The van der Waals surface area contributed by atoms with Crippen LogP contribution in [-0.2, 0) is 12.8 Å². The average Bonchev–Trinajstić information content (AvgIpc) is 3.11. The maximum atomic E-state index is 4.88. The fourth-order valence-corrected chi connectivity index (χ4v) is 3.80. The van der Waals surface area contributed by atoms with Crippen molar-refractivity contribution < 1.29 is 0 Å². The molecule has 0 spiro atoms. The number of hydrogen-bond donors (Lipinski definition) is 2. The number of aromatic amines is 1. The quantitative estimate of drug-likeness (QED) is 0.262. The van der Waals surface area contributed by atoms with E-state index in [1.165, 1.54) is 36.1 Å². The second kappa shape index (κ2) is 12.1. The van der Waals surface area contributed by atoms with E-state index < -0.39 is 0 Å². The summed E-state index contributed by atoms with van der Waals surface area (Å²) in [5.74, 6) is 1.87. The zero-order chi connectivity index (χ0) is 18.9. The number of aromatic nitrogens is 2. The summed E-state index contributed by atoms with van der Waals surface area (Å²) in [6.07, 6.45) is 7.71. The normalized spacial score (nSPS) is 15.4. The molecule has 0 saturated carbocycles.